The van der Waals surface area contributed by atoms with Gasteiger partial charge < -0.3 is 10.2 Å². The van der Waals surface area contributed by atoms with Gasteiger partial charge in [0.25, 0.3) is 11.6 Å². The first-order chi connectivity index (χ1) is 13.6. The Morgan fingerprint density at radius 2 is 1.83 bits per heavy atom. The van der Waals surface area contributed by atoms with E-state index in [0.717, 1.165) is 37.1 Å². The van der Waals surface area contributed by atoms with E-state index in [-0.39, 0.29) is 16.8 Å². The predicted molar refractivity (Wildman–Crippen MR) is 98.6 cm³/mol. The standard InChI is InChI=1S/C19H17F4N3O3/c1-11-14(20)8-12(9-17(11)26(28)29)18(27)24-15-10-13(19(21,22)23)4-5-16(15)25-6-2-3-7-25/h4-5,8-10H,2-3,6-7H2,1H3,(H,24,27). The highest BCUT2D eigenvalue weighted by Crippen LogP contribution is 2.37. The van der Waals surface area contributed by atoms with Gasteiger partial charge in [-0.2, -0.15) is 13.2 Å². The molecule has 2 aromatic rings. The van der Waals surface area contributed by atoms with Crippen molar-refractivity contribution in [3.8, 4) is 0 Å². The molecule has 0 aromatic heterocycles. The molecule has 0 radical (unpaired) electrons. The summed E-state index contributed by atoms with van der Waals surface area (Å²) in [6, 6.07) is 4.74. The maximum absolute atomic E-state index is 14.0. The number of hydrogen-bond acceptors (Lipinski definition) is 4. The first-order valence-electron chi connectivity index (χ1n) is 8.80. The van der Waals surface area contributed by atoms with Gasteiger partial charge >= 0.3 is 6.18 Å². The number of halogens is 4. The van der Waals surface area contributed by atoms with Gasteiger partial charge in [0.15, 0.2) is 0 Å². The molecule has 0 spiro atoms. The fraction of sp³-hybridized carbons (Fsp3) is 0.316. The molecule has 0 unspecified atom stereocenters. The number of anilines is 2. The van der Waals surface area contributed by atoms with Crippen LogP contribution in [0.15, 0.2) is 30.3 Å². The fourth-order valence-corrected chi connectivity index (χ4v) is 3.23. The summed E-state index contributed by atoms with van der Waals surface area (Å²) in [7, 11) is 0. The van der Waals surface area contributed by atoms with Crippen molar-refractivity contribution in [1.29, 1.82) is 0 Å². The van der Waals surface area contributed by atoms with Gasteiger partial charge in [0.05, 0.1) is 27.4 Å². The Hall–Kier alpha value is -3.17. The van der Waals surface area contributed by atoms with Crippen LogP contribution in [0.2, 0.25) is 0 Å². The molecule has 1 saturated heterocycles. The summed E-state index contributed by atoms with van der Waals surface area (Å²) in [4.78, 5) is 24.7. The smallest absolute Gasteiger partial charge is 0.370 e. The Morgan fingerprint density at radius 1 is 1.17 bits per heavy atom. The lowest BCUT2D eigenvalue weighted by molar-refractivity contribution is -0.385. The van der Waals surface area contributed by atoms with Crippen molar-refractivity contribution < 1.29 is 27.3 Å². The molecule has 29 heavy (non-hydrogen) atoms. The van der Waals surface area contributed by atoms with Crippen LogP contribution in [-0.2, 0) is 6.18 Å². The molecule has 0 saturated carbocycles. The van der Waals surface area contributed by atoms with E-state index in [0.29, 0.717) is 18.8 Å². The van der Waals surface area contributed by atoms with Crippen molar-refractivity contribution in [1.82, 2.24) is 0 Å². The number of hydrogen-bond donors (Lipinski definition) is 1. The number of nitro benzene ring substituents is 1. The largest absolute Gasteiger partial charge is 0.416 e. The number of nitro groups is 1. The number of benzene rings is 2. The van der Waals surface area contributed by atoms with Crippen LogP contribution in [0.4, 0.5) is 34.6 Å². The van der Waals surface area contributed by atoms with Crippen LogP contribution in [0, 0.1) is 22.9 Å². The zero-order valence-electron chi connectivity index (χ0n) is 15.3. The number of rotatable bonds is 4. The van der Waals surface area contributed by atoms with Gasteiger partial charge in [-0.15, -0.1) is 0 Å². The second kappa shape index (κ2) is 7.69. The fourth-order valence-electron chi connectivity index (χ4n) is 3.23. The normalized spacial score (nSPS) is 14.2. The van der Waals surface area contributed by atoms with Crippen molar-refractivity contribution >= 4 is 23.0 Å². The van der Waals surface area contributed by atoms with Crippen LogP contribution in [0.1, 0.15) is 34.3 Å². The van der Waals surface area contributed by atoms with Gasteiger partial charge in [0, 0.05) is 24.7 Å². The molecule has 3 rings (SSSR count). The van der Waals surface area contributed by atoms with Gasteiger partial charge in [-0.25, -0.2) is 4.39 Å². The molecule has 1 fully saturated rings. The number of alkyl halides is 3. The zero-order chi connectivity index (χ0) is 21.3. The maximum atomic E-state index is 14.0. The van der Waals surface area contributed by atoms with Gasteiger partial charge in [-0.3, -0.25) is 14.9 Å². The molecule has 0 bridgehead atoms. The molecular weight excluding hydrogens is 394 g/mol. The minimum atomic E-state index is -4.61. The van der Waals surface area contributed by atoms with Crippen molar-refractivity contribution in [3.05, 3.63) is 63.0 Å². The molecule has 1 heterocycles. The van der Waals surface area contributed by atoms with Crippen molar-refractivity contribution in [2.45, 2.75) is 25.9 Å². The lowest BCUT2D eigenvalue weighted by atomic mass is 10.1. The lowest BCUT2D eigenvalue weighted by Crippen LogP contribution is -2.22. The summed E-state index contributed by atoms with van der Waals surface area (Å²) in [5.74, 6) is -1.89. The molecule has 1 aliphatic heterocycles. The third kappa shape index (κ3) is 4.30. The number of carbonyl (C=O) groups excluding carboxylic acids is 1. The SMILES string of the molecule is Cc1c(F)cc(C(=O)Nc2cc(C(F)(F)F)ccc2N2CCCC2)cc1[N+](=O)[O-]. The van der Waals surface area contributed by atoms with Crippen molar-refractivity contribution in [3.63, 3.8) is 0 Å². The monoisotopic (exact) mass is 411 g/mol. The average Bonchev–Trinajstić information content (AvgIpc) is 3.17. The molecular formula is C19H17F4N3O3. The lowest BCUT2D eigenvalue weighted by Gasteiger charge is -2.23. The van der Waals surface area contributed by atoms with Crippen LogP contribution in [0.3, 0.4) is 0 Å². The van der Waals surface area contributed by atoms with Crippen LogP contribution < -0.4 is 10.2 Å². The van der Waals surface area contributed by atoms with Crippen LogP contribution in [-0.4, -0.2) is 23.9 Å². The van der Waals surface area contributed by atoms with Gasteiger partial charge in [0.2, 0.25) is 0 Å². The Kier molecular flexibility index (Phi) is 5.45. The second-order valence-corrected chi connectivity index (χ2v) is 6.74. The zero-order valence-corrected chi connectivity index (χ0v) is 15.3. The highest BCUT2D eigenvalue weighted by atomic mass is 19.4. The Labute approximate surface area is 163 Å². The Balaban J connectivity index is 2.00. The predicted octanol–water partition coefficient (Wildman–Crippen LogP) is 4.91. The molecule has 0 aliphatic carbocycles. The van der Waals surface area contributed by atoms with E-state index in [2.05, 4.69) is 5.32 Å². The van der Waals surface area contributed by atoms with E-state index >= 15 is 0 Å². The topological polar surface area (TPSA) is 75.5 Å². The Morgan fingerprint density at radius 3 is 2.41 bits per heavy atom. The van der Waals surface area contributed by atoms with Crippen molar-refractivity contribution in [2.75, 3.05) is 23.3 Å². The maximum Gasteiger partial charge on any atom is 0.416 e. The van der Waals surface area contributed by atoms with Gasteiger partial charge in [0.1, 0.15) is 5.82 Å². The molecule has 1 aliphatic rings. The molecule has 1 N–H and O–H groups in total. The highest BCUT2D eigenvalue weighted by molar-refractivity contribution is 6.06. The molecule has 0 atom stereocenters. The first kappa shape index (κ1) is 20.6. The van der Waals surface area contributed by atoms with E-state index in [1.165, 1.54) is 13.0 Å². The van der Waals surface area contributed by atoms with Crippen LogP contribution in [0.25, 0.3) is 0 Å². The summed E-state index contributed by atoms with van der Waals surface area (Å²) in [6.45, 7) is 2.45. The summed E-state index contributed by atoms with van der Waals surface area (Å²) in [5.41, 5.74) is -1.80. The van der Waals surface area contributed by atoms with Crippen molar-refractivity contribution in [2.24, 2.45) is 0 Å². The molecule has 2 aromatic carbocycles. The van der Waals surface area contributed by atoms with Gasteiger partial charge in [-0.1, -0.05) is 0 Å². The summed E-state index contributed by atoms with van der Waals surface area (Å²) in [5, 5.41) is 13.4. The minimum absolute atomic E-state index is 0.0876. The van der Waals surface area contributed by atoms with E-state index in [9.17, 15) is 32.5 Å². The molecule has 6 nitrogen and oxygen atoms in total. The number of nitrogens with zero attached hydrogens (tertiary/aromatic N) is 2. The summed E-state index contributed by atoms with van der Waals surface area (Å²) in [6.07, 6.45) is -2.88. The Bertz CT molecular complexity index is 970. The summed E-state index contributed by atoms with van der Waals surface area (Å²) >= 11 is 0. The third-order valence-corrected chi connectivity index (χ3v) is 4.79. The first-order valence-corrected chi connectivity index (χ1v) is 8.80. The number of nitrogens with one attached hydrogen (secondary N) is 1. The van der Waals surface area contributed by atoms with E-state index in [1.807, 2.05) is 4.90 Å². The minimum Gasteiger partial charge on any atom is -0.370 e. The van der Waals surface area contributed by atoms with Crippen LogP contribution in [0.5, 0.6) is 0 Å². The van der Waals surface area contributed by atoms with Crippen LogP contribution >= 0.6 is 0 Å². The third-order valence-electron chi connectivity index (χ3n) is 4.79. The van der Waals surface area contributed by atoms with Gasteiger partial charge in [-0.05, 0) is 44.0 Å². The molecule has 1 amide bonds. The average molecular weight is 411 g/mol. The molecule has 10 heteroatoms. The quantitative estimate of drug-likeness (QED) is 0.441. The van der Waals surface area contributed by atoms with E-state index in [4.69, 9.17) is 0 Å². The molecule has 154 valence electrons. The summed E-state index contributed by atoms with van der Waals surface area (Å²) < 4.78 is 53.4. The number of carbonyl (C=O) groups is 1. The van der Waals surface area contributed by atoms with E-state index < -0.39 is 34.1 Å². The highest BCUT2D eigenvalue weighted by Gasteiger charge is 2.32. The van der Waals surface area contributed by atoms with E-state index in [1.54, 1.807) is 0 Å². The number of amides is 1. The second-order valence-electron chi connectivity index (χ2n) is 6.74.